The fourth-order valence-electron chi connectivity index (χ4n) is 0.510. The molecule has 0 aromatic carbocycles. The lowest BCUT2D eigenvalue weighted by atomic mass is 10.0. The number of carbonyl (C=O) groups excluding carboxylic acids is 1. The van der Waals surface area contributed by atoms with E-state index in [9.17, 15) is 4.79 Å². The van der Waals surface area contributed by atoms with E-state index in [0.717, 1.165) is 0 Å². The molecule has 10 heavy (non-hydrogen) atoms. The number of esters is 1. The van der Waals surface area contributed by atoms with Gasteiger partial charge in [-0.2, -0.15) is 0 Å². The van der Waals surface area contributed by atoms with Crippen LogP contribution in [0.5, 0.6) is 0 Å². The lowest BCUT2D eigenvalue weighted by molar-refractivity contribution is -0.154. The molecule has 0 saturated heterocycles. The van der Waals surface area contributed by atoms with E-state index >= 15 is 0 Å². The van der Waals surface area contributed by atoms with E-state index in [1.54, 1.807) is 0 Å². The minimum atomic E-state index is -0.383. The zero-order valence-corrected chi connectivity index (χ0v) is 6.81. The van der Waals surface area contributed by atoms with Crippen LogP contribution in [0.4, 0.5) is 0 Å². The maximum absolute atomic E-state index is 10.8. The van der Waals surface area contributed by atoms with Gasteiger partial charge < -0.3 is 4.74 Å². The molecular weight excluding hydrogens is 127 g/mol. The molecule has 0 fully saturated rings. The van der Waals surface area contributed by atoms with Crippen LogP contribution in [0.1, 0.15) is 27.2 Å². The molecule has 0 heterocycles. The quantitative estimate of drug-likeness (QED) is 0.426. The van der Waals surface area contributed by atoms with Gasteiger partial charge in [0.1, 0.15) is 5.60 Å². The average Bonchev–Trinajstić information content (AvgIpc) is 1.59. The summed E-state index contributed by atoms with van der Waals surface area (Å²) in [6.07, 6.45) is 0.659. The van der Waals surface area contributed by atoms with Crippen molar-refractivity contribution in [3.8, 4) is 0 Å². The Morgan fingerprint density at radius 1 is 1.50 bits per heavy atom. The molecule has 0 aliphatic rings. The normalized spacial score (nSPS) is 11.1. The van der Waals surface area contributed by atoms with Gasteiger partial charge in [0.15, 0.2) is 0 Å². The van der Waals surface area contributed by atoms with Crippen LogP contribution in [0.2, 0.25) is 6.32 Å². The number of carbonyl (C=O) groups is 1. The molecule has 0 rings (SSSR count). The van der Waals surface area contributed by atoms with Gasteiger partial charge in [-0.25, -0.2) is 0 Å². The molecule has 0 aliphatic heterocycles. The van der Waals surface area contributed by atoms with E-state index in [-0.39, 0.29) is 11.6 Å². The van der Waals surface area contributed by atoms with E-state index in [2.05, 4.69) is 0 Å². The molecule has 2 radical (unpaired) electrons. The molecule has 0 aromatic heterocycles. The second-order valence-electron chi connectivity index (χ2n) is 3.13. The minimum Gasteiger partial charge on any atom is -0.460 e. The number of hydrogen-bond acceptors (Lipinski definition) is 2. The standard InChI is InChI=1S/C7H13BO2/c1-7(2,3)10-6(9)4-5-8/h4-5H2,1-3H3. The fraction of sp³-hybridized carbons (Fsp3) is 0.857. The summed E-state index contributed by atoms with van der Waals surface area (Å²) in [6.45, 7) is 5.50. The van der Waals surface area contributed by atoms with Crippen LogP contribution in [0.3, 0.4) is 0 Å². The summed E-state index contributed by atoms with van der Waals surface area (Å²) in [5.74, 6) is -0.227. The zero-order chi connectivity index (χ0) is 8.20. The average molecular weight is 140 g/mol. The van der Waals surface area contributed by atoms with Crippen LogP contribution in [0, 0.1) is 0 Å². The molecule has 0 bridgehead atoms. The Morgan fingerprint density at radius 3 is 2.30 bits per heavy atom. The first-order valence-corrected chi connectivity index (χ1v) is 3.37. The predicted octanol–water partition coefficient (Wildman–Crippen LogP) is 1.31. The largest absolute Gasteiger partial charge is 0.460 e. The molecule has 0 saturated carbocycles. The molecule has 0 N–H and O–H groups in total. The van der Waals surface area contributed by atoms with Crippen LogP contribution in [-0.4, -0.2) is 19.4 Å². The second-order valence-corrected chi connectivity index (χ2v) is 3.13. The Morgan fingerprint density at radius 2 is 2.00 bits per heavy atom. The predicted molar refractivity (Wildman–Crippen MR) is 41.0 cm³/mol. The highest BCUT2D eigenvalue weighted by atomic mass is 16.6. The second kappa shape index (κ2) is 3.64. The van der Waals surface area contributed by atoms with E-state index in [1.807, 2.05) is 20.8 Å². The topological polar surface area (TPSA) is 26.3 Å². The van der Waals surface area contributed by atoms with E-state index in [0.29, 0.717) is 12.7 Å². The minimum absolute atomic E-state index is 0.227. The molecule has 0 amide bonds. The Labute approximate surface area is 63.4 Å². The number of ether oxygens (including phenoxy) is 1. The molecule has 0 unspecified atom stereocenters. The third kappa shape index (κ3) is 5.67. The summed E-state index contributed by atoms with van der Waals surface area (Å²) >= 11 is 0. The van der Waals surface area contributed by atoms with Crippen molar-refractivity contribution in [2.45, 2.75) is 39.1 Å². The SMILES string of the molecule is [B]CCC(=O)OC(C)(C)C. The summed E-state index contributed by atoms with van der Waals surface area (Å²) < 4.78 is 4.96. The van der Waals surface area contributed by atoms with Crippen molar-refractivity contribution in [2.24, 2.45) is 0 Å². The highest BCUT2D eigenvalue weighted by Crippen LogP contribution is 2.08. The summed E-state index contributed by atoms with van der Waals surface area (Å²) in [5.41, 5.74) is -0.383. The monoisotopic (exact) mass is 140 g/mol. The summed E-state index contributed by atoms with van der Waals surface area (Å²) in [7, 11) is 5.15. The molecule has 0 atom stereocenters. The van der Waals surface area contributed by atoms with Gasteiger partial charge in [0, 0.05) is 6.42 Å². The Hall–Kier alpha value is -0.465. The Bertz CT molecular complexity index is 115. The fourth-order valence-corrected chi connectivity index (χ4v) is 0.510. The van der Waals surface area contributed by atoms with Crippen molar-refractivity contribution in [1.29, 1.82) is 0 Å². The van der Waals surface area contributed by atoms with Gasteiger partial charge in [0.2, 0.25) is 0 Å². The highest BCUT2D eigenvalue weighted by molar-refractivity contribution is 6.09. The van der Waals surface area contributed by atoms with Crippen LogP contribution >= 0.6 is 0 Å². The van der Waals surface area contributed by atoms with Crippen LogP contribution in [0.15, 0.2) is 0 Å². The third-order valence-corrected chi connectivity index (χ3v) is 0.768. The van der Waals surface area contributed by atoms with Gasteiger partial charge in [-0.15, -0.1) is 0 Å². The van der Waals surface area contributed by atoms with Crippen molar-refractivity contribution >= 4 is 13.8 Å². The molecule has 0 aromatic rings. The summed E-state index contributed by atoms with van der Waals surface area (Å²) in [5, 5.41) is 0. The lowest BCUT2D eigenvalue weighted by Crippen LogP contribution is -2.23. The zero-order valence-electron chi connectivity index (χ0n) is 6.81. The van der Waals surface area contributed by atoms with Gasteiger partial charge in [-0.1, -0.05) is 6.32 Å². The van der Waals surface area contributed by atoms with Crippen LogP contribution < -0.4 is 0 Å². The first kappa shape index (κ1) is 9.53. The maximum atomic E-state index is 10.8. The first-order valence-electron chi connectivity index (χ1n) is 3.37. The van der Waals surface area contributed by atoms with Crippen LogP contribution in [0.25, 0.3) is 0 Å². The van der Waals surface area contributed by atoms with Crippen molar-refractivity contribution in [3.63, 3.8) is 0 Å². The summed E-state index contributed by atoms with van der Waals surface area (Å²) in [4.78, 5) is 10.8. The first-order chi connectivity index (χ1) is 4.45. The molecule has 56 valence electrons. The molecule has 0 spiro atoms. The third-order valence-electron chi connectivity index (χ3n) is 0.768. The smallest absolute Gasteiger partial charge is 0.305 e. The van der Waals surface area contributed by atoms with Crippen LogP contribution in [-0.2, 0) is 9.53 Å². The van der Waals surface area contributed by atoms with Gasteiger partial charge in [-0.3, -0.25) is 4.79 Å². The molecule has 0 aliphatic carbocycles. The number of rotatable bonds is 2. The lowest BCUT2D eigenvalue weighted by Gasteiger charge is -2.19. The number of hydrogen-bond donors (Lipinski definition) is 0. The molecule has 2 nitrogen and oxygen atoms in total. The van der Waals surface area contributed by atoms with Gasteiger partial charge in [0.25, 0.3) is 0 Å². The molecular formula is C7H13BO2. The molecule has 3 heteroatoms. The van der Waals surface area contributed by atoms with E-state index in [4.69, 9.17) is 12.6 Å². The van der Waals surface area contributed by atoms with Crippen molar-refractivity contribution < 1.29 is 9.53 Å². The van der Waals surface area contributed by atoms with E-state index < -0.39 is 0 Å². The maximum Gasteiger partial charge on any atom is 0.305 e. The van der Waals surface area contributed by atoms with Crippen molar-refractivity contribution in [3.05, 3.63) is 0 Å². The van der Waals surface area contributed by atoms with E-state index in [1.165, 1.54) is 0 Å². The Balaban J connectivity index is 3.58. The van der Waals surface area contributed by atoms with Crippen molar-refractivity contribution in [2.75, 3.05) is 0 Å². The van der Waals surface area contributed by atoms with Gasteiger partial charge in [-0.05, 0) is 20.8 Å². The highest BCUT2D eigenvalue weighted by Gasteiger charge is 2.14. The van der Waals surface area contributed by atoms with Crippen molar-refractivity contribution in [1.82, 2.24) is 0 Å². The Kier molecular flexibility index (Phi) is 3.47. The van der Waals surface area contributed by atoms with Gasteiger partial charge >= 0.3 is 5.97 Å². The summed E-state index contributed by atoms with van der Waals surface area (Å²) in [6, 6.07) is 0. The van der Waals surface area contributed by atoms with Gasteiger partial charge in [0.05, 0.1) is 7.85 Å².